The molecule has 0 aliphatic carbocycles. The fourth-order valence-electron chi connectivity index (χ4n) is 3.72. The van der Waals surface area contributed by atoms with Crippen LogP contribution in [0, 0.1) is 12.8 Å². The highest BCUT2D eigenvalue weighted by molar-refractivity contribution is 9.10. The second-order valence-corrected chi connectivity index (χ2v) is 8.28. The monoisotopic (exact) mass is 468 g/mol. The van der Waals surface area contributed by atoms with Gasteiger partial charge in [0.1, 0.15) is 0 Å². The van der Waals surface area contributed by atoms with E-state index in [1.807, 2.05) is 25.1 Å². The predicted molar refractivity (Wildman–Crippen MR) is 119 cm³/mol. The molecular formula is C21H33BrN4O3. The Hall–Kier alpha value is -1.64. The Labute approximate surface area is 182 Å². The zero-order valence-electron chi connectivity index (χ0n) is 17.6. The lowest BCUT2D eigenvalue weighted by Gasteiger charge is -2.38. The van der Waals surface area contributed by atoms with Crippen molar-refractivity contribution in [1.82, 2.24) is 15.5 Å². The number of morpholine rings is 1. The topological polar surface area (TPSA) is 82.7 Å². The van der Waals surface area contributed by atoms with E-state index in [1.54, 1.807) is 0 Å². The zero-order chi connectivity index (χ0) is 21.2. The van der Waals surface area contributed by atoms with Crippen LogP contribution in [0.3, 0.4) is 0 Å². The Morgan fingerprint density at radius 1 is 1.17 bits per heavy atom. The Morgan fingerprint density at radius 3 is 2.48 bits per heavy atom. The molecule has 7 nitrogen and oxygen atoms in total. The molecule has 1 unspecified atom stereocenters. The van der Waals surface area contributed by atoms with Crippen molar-refractivity contribution >= 4 is 33.6 Å². The van der Waals surface area contributed by atoms with Gasteiger partial charge in [0.05, 0.1) is 19.8 Å². The SMILES string of the molecule is CCC(CC)C(CNC(=O)NCC(=O)Nc1ccc(Br)cc1C)N1CCOCC1. The Balaban J connectivity index is 1.81. The first kappa shape index (κ1) is 23.6. The number of urea groups is 1. The van der Waals surface area contributed by atoms with Gasteiger partial charge >= 0.3 is 6.03 Å². The van der Waals surface area contributed by atoms with Crippen LogP contribution in [0.4, 0.5) is 10.5 Å². The van der Waals surface area contributed by atoms with Crippen molar-refractivity contribution in [3.8, 4) is 0 Å². The average molecular weight is 469 g/mol. The molecule has 29 heavy (non-hydrogen) atoms. The molecule has 1 saturated heterocycles. The molecule has 162 valence electrons. The lowest BCUT2D eigenvalue weighted by Crippen LogP contribution is -2.53. The predicted octanol–water partition coefficient (Wildman–Crippen LogP) is 3.13. The number of amides is 3. The van der Waals surface area contributed by atoms with Gasteiger partial charge in [0.25, 0.3) is 0 Å². The van der Waals surface area contributed by atoms with E-state index in [4.69, 9.17) is 4.74 Å². The van der Waals surface area contributed by atoms with Crippen LogP contribution in [0.15, 0.2) is 22.7 Å². The van der Waals surface area contributed by atoms with Crippen molar-refractivity contribution in [3.05, 3.63) is 28.2 Å². The summed E-state index contributed by atoms with van der Waals surface area (Å²) in [5, 5.41) is 8.42. The van der Waals surface area contributed by atoms with E-state index in [0.717, 1.165) is 54.9 Å². The molecule has 3 N–H and O–H groups in total. The third kappa shape index (κ3) is 7.60. The number of nitrogens with one attached hydrogen (secondary N) is 3. The Kier molecular flexibility index (Phi) is 9.90. The lowest BCUT2D eigenvalue weighted by atomic mass is 9.92. The highest BCUT2D eigenvalue weighted by Crippen LogP contribution is 2.20. The van der Waals surface area contributed by atoms with Crippen LogP contribution in [0.1, 0.15) is 32.3 Å². The summed E-state index contributed by atoms with van der Waals surface area (Å²) in [4.78, 5) is 26.8. The van der Waals surface area contributed by atoms with Gasteiger partial charge in [-0.15, -0.1) is 0 Å². The molecule has 0 saturated carbocycles. The van der Waals surface area contributed by atoms with E-state index in [9.17, 15) is 9.59 Å². The number of aryl methyl sites for hydroxylation is 1. The summed E-state index contributed by atoms with van der Waals surface area (Å²) >= 11 is 3.40. The zero-order valence-corrected chi connectivity index (χ0v) is 19.2. The number of hydrogen-bond acceptors (Lipinski definition) is 4. The van der Waals surface area contributed by atoms with Crippen molar-refractivity contribution in [2.24, 2.45) is 5.92 Å². The van der Waals surface area contributed by atoms with E-state index in [-0.39, 0.29) is 24.5 Å². The number of nitrogens with zero attached hydrogens (tertiary/aromatic N) is 1. The van der Waals surface area contributed by atoms with Gasteiger partial charge in [0.15, 0.2) is 0 Å². The largest absolute Gasteiger partial charge is 0.379 e. The van der Waals surface area contributed by atoms with E-state index < -0.39 is 0 Å². The number of halogens is 1. The van der Waals surface area contributed by atoms with Crippen molar-refractivity contribution < 1.29 is 14.3 Å². The number of carbonyl (C=O) groups excluding carboxylic acids is 2. The third-order valence-electron chi connectivity index (χ3n) is 5.45. The molecule has 0 spiro atoms. The standard InChI is InChI=1S/C21H33BrN4O3/c1-4-16(5-2)19(26-8-10-29-11-9-26)13-23-21(28)24-14-20(27)25-18-7-6-17(22)12-15(18)3/h6-7,12,16,19H,4-5,8-11,13-14H2,1-3H3,(H,25,27)(H2,23,24,28). The molecule has 3 amide bonds. The molecule has 1 fully saturated rings. The fourth-order valence-corrected chi connectivity index (χ4v) is 4.19. The van der Waals surface area contributed by atoms with Crippen molar-refractivity contribution in [2.75, 3.05) is 44.7 Å². The molecule has 1 aromatic rings. The first-order valence-corrected chi connectivity index (χ1v) is 11.1. The first-order chi connectivity index (χ1) is 13.9. The molecule has 0 radical (unpaired) electrons. The summed E-state index contributed by atoms with van der Waals surface area (Å²) in [5.74, 6) is 0.257. The van der Waals surface area contributed by atoms with Gasteiger partial charge in [-0.05, 0) is 36.6 Å². The van der Waals surface area contributed by atoms with Crippen LogP contribution in [-0.2, 0) is 9.53 Å². The van der Waals surface area contributed by atoms with Crippen molar-refractivity contribution in [2.45, 2.75) is 39.7 Å². The third-order valence-corrected chi connectivity index (χ3v) is 5.94. The van der Waals surface area contributed by atoms with Crippen LogP contribution in [0.2, 0.25) is 0 Å². The van der Waals surface area contributed by atoms with Gasteiger partial charge < -0.3 is 20.7 Å². The van der Waals surface area contributed by atoms with Gasteiger partial charge in [-0.3, -0.25) is 9.69 Å². The molecule has 1 aromatic carbocycles. The molecule has 1 atom stereocenters. The van der Waals surface area contributed by atoms with Crippen molar-refractivity contribution in [1.29, 1.82) is 0 Å². The summed E-state index contributed by atoms with van der Waals surface area (Å²) < 4.78 is 6.42. The molecule has 8 heteroatoms. The normalized spacial score (nSPS) is 15.8. The van der Waals surface area contributed by atoms with Crippen LogP contribution in [-0.4, -0.2) is 62.3 Å². The van der Waals surface area contributed by atoms with Gasteiger partial charge in [-0.2, -0.15) is 0 Å². The maximum absolute atomic E-state index is 12.2. The van der Waals surface area contributed by atoms with Crippen LogP contribution in [0.25, 0.3) is 0 Å². The first-order valence-electron chi connectivity index (χ1n) is 10.3. The van der Waals surface area contributed by atoms with E-state index in [0.29, 0.717) is 12.5 Å². The number of hydrogen-bond donors (Lipinski definition) is 3. The molecule has 0 aromatic heterocycles. The molecule has 0 bridgehead atoms. The summed E-state index contributed by atoms with van der Waals surface area (Å²) in [7, 11) is 0. The van der Waals surface area contributed by atoms with Gasteiger partial charge in [-0.25, -0.2) is 4.79 Å². The maximum atomic E-state index is 12.2. The molecular weight excluding hydrogens is 436 g/mol. The fraction of sp³-hybridized carbons (Fsp3) is 0.619. The highest BCUT2D eigenvalue weighted by Gasteiger charge is 2.27. The summed E-state index contributed by atoms with van der Waals surface area (Å²) in [6.07, 6.45) is 2.13. The minimum Gasteiger partial charge on any atom is -0.379 e. The Morgan fingerprint density at radius 2 is 1.86 bits per heavy atom. The average Bonchev–Trinajstić information content (AvgIpc) is 2.72. The number of rotatable bonds is 9. The summed E-state index contributed by atoms with van der Waals surface area (Å²) in [5.41, 5.74) is 1.69. The van der Waals surface area contributed by atoms with Gasteiger partial charge in [0, 0.05) is 35.8 Å². The quantitative estimate of drug-likeness (QED) is 0.519. The second-order valence-electron chi connectivity index (χ2n) is 7.36. The summed E-state index contributed by atoms with van der Waals surface area (Å²) in [6.45, 7) is 10.0. The Bertz CT molecular complexity index is 676. The maximum Gasteiger partial charge on any atom is 0.315 e. The van der Waals surface area contributed by atoms with E-state index >= 15 is 0 Å². The number of benzene rings is 1. The smallest absolute Gasteiger partial charge is 0.315 e. The highest BCUT2D eigenvalue weighted by atomic mass is 79.9. The van der Waals surface area contributed by atoms with E-state index in [2.05, 4.69) is 50.6 Å². The number of anilines is 1. The lowest BCUT2D eigenvalue weighted by molar-refractivity contribution is -0.115. The molecule has 1 aliphatic heterocycles. The number of carbonyl (C=O) groups is 2. The summed E-state index contributed by atoms with van der Waals surface area (Å²) in [6, 6.07) is 5.59. The molecule has 2 rings (SSSR count). The van der Waals surface area contributed by atoms with Gasteiger partial charge in [-0.1, -0.05) is 42.6 Å². The van der Waals surface area contributed by atoms with E-state index in [1.165, 1.54) is 0 Å². The second kappa shape index (κ2) is 12.1. The number of ether oxygens (including phenoxy) is 1. The van der Waals surface area contributed by atoms with Crippen molar-refractivity contribution in [3.63, 3.8) is 0 Å². The molecule has 1 heterocycles. The van der Waals surface area contributed by atoms with Crippen LogP contribution < -0.4 is 16.0 Å². The van der Waals surface area contributed by atoms with Gasteiger partial charge in [0.2, 0.25) is 5.91 Å². The minimum absolute atomic E-state index is 0.0749. The minimum atomic E-state index is -0.322. The van der Waals surface area contributed by atoms with Crippen LogP contribution >= 0.6 is 15.9 Å². The molecule has 1 aliphatic rings. The van der Waals surface area contributed by atoms with Crippen LogP contribution in [0.5, 0.6) is 0 Å².